The highest BCUT2D eigenvalue weighted by molar-refractivity contribution is 6.06. The molecule has 0 heterocycles. The summed E-state index contributed by atoms with van der Waals surface area (Å²) >= 11 is 0. The molecule has 2 aromatic carbocycles. The van der Waals surface area contributed by atoms with Crippen molar-refractivity contribution >= 4 is 17.8 Å². The van der Waals surface area contributed by atoms with Crippen LogP contribution in [0.15, 0.2) is 42.5 Å². The van der Waals surface area contributed by atoms with Crippen LogP contribution >= 0.6 is 0 Å². The summed E-state index contributed by atoms with van der Waals surface area (Å²) in [5.74, 6) is -0.568. The monoisotopic (exact) mass is 342 g/mol. The quantitative estimate of drug-likeness (QED) is 0.454. The van der Waals surface area contributed by atoms with E-state index < -0.39 is 11.8 Å². The molecule has 0 unspecified atom stereocenters. The summed E-state index contributed by atoms with van der Waals surface area (Å²) in [7, 11) is 1.30. The van der Waals surface area contributed by atoms with Gasteiger partial charge in [0.25, 0.3) is 0 Å². The average molecular weight is 342 g/mol. The first kappa shape index (κ1) is 18.4. The van der Waals surface area contributed by atoms with Gasteiger partial charge in [-0.25, -0.2) is 9.18 Å². The zero-order chi connectivity index (χ0) is 18.4. The maximum absolute atomic E-state index is 13.2. The van der Waals surface area contributed by atoms with Gasteiger partial charge in [-0.15, -0.1) is 0 Å². The van der Waals surface area contributed by atoms with Gasteiger partial charge in [-0.2, -0.15) is 0 Å². The number of ketones is 1. The van der Waals surface area contributed by atoms with Gasteiger partial charge in [-0.3, -0.25) is 4.79 Å². The van der Waals surface area contributed by atoms with Crippen LogP contribution in [0.5, 0.6) is 5.75 Å². The maximum atomic E-state index is 13.2. The second-order valence-corrected chi connectivity index (χ2v) is 5.56. The Bertz CT molecular complexity index is 801. The van der Waals surface area contributed by atoms with Crippen molar-refractivity contribution in [1.82, 2.24) is 0 Å². The summed E-state index contributed by atoms with van der Waals surface area (Å²) in [5, 5.41) is 0. The van der Waals surface area contributed by atoms with E-state index in [-0.39, 0.29) is 12.4 Å². The molecule has 0 saturated carbocycles. The normalized spacial score (nSPS) is 10.7. The number of ether oxygens (including phenoxy) is 2. The molecule has 0 aromatic heterocycles. The van der Waals surface area contributed by atoms with Crippen LogP contribution in [0.4, 0.5) is 4.39 Å². The highest BCUT2D eigenvalue weighted by atomic mass is 19.1. The minimum Gasteiger partial charge on any atom is -0.481 e. The van der Waals surface area contributed by atoms with Gasteiger partial charge in [0.1, 0.15) is 11.6 Å². The van der Waals surface area contributed by atoms with Crippen LogP contribution in [0.3, 0.4) is 0 Å². The van der Waals surface area contributed by atoms with Gasteiger partial charge in [0.15, 0.2) is 12.4 Å². The second-order valence-electron chi connectivity index (χ2n) is 5.56. The number of hydrogen-bond acceptors (Lipinski definition) is 4. The van der Waals surface area contributed by atoms with E-state index in [9.17, 15) is 14.0 Å². The van der Waals surface area contributed by atoms with Crippen molar-refractivity contribution < 1.29 is 23.5 Å². The molecular formula is C20H19FO4. The number of carbonyl (C=O) groups excluding carboxylic acids is 2. The van der Waals surface area contributed by atoms with Crippen molar-refractivity contribution in [1.29, 1.82) is 0 Å². The summed E-state index contributed by atoms with van der Waals surface area (Å²) in [6.45, 7) is 3.54. The first-order chi connectivity index (χ1) is 11.9. The fourth-order valence-corrected chi connectivity index (χ4v) is 2.41. The lowest BCUT2D eigenvalue weighted by molar-refractivity contribution is -0.142. The SMILES string of the molecule is COC(=O)COc1c(C)cc(C=CC(=O)c2cccc(F)c2)cc1C. The molecule has 25 heavy (non-hydrogen) atoms. The standard InChI is InChI=1S/C20H19FO4/c1-13-9-15(10-14(2)20(13)25-12-19(23)24-3)7-8-18(22)16-5-4-6-17(21)11-16/h4-11H,12H2,1-3H3. The third kappa shape index (κ3) is 5.01. The number of hydrogen-bond donors (Lipinski definition) is 0. The smallest absolute Gasteiger partial charge is 0.343 e. The Labute approximate surface area is 145 Å². The number of halogens is 1. The predicted molar refractivity (Wildman–Crippen MR) is 93.2 cm³/mol. The van der Waals surface area contributed by atoms with Crippen LogP contribution < -0.4 is 4.74 Å². The lowest BCUT2D eigenvalue weighted by atomic mass is 10.0. The zero-order valence-corrected chi connectivity index (χ0v) is 14.3. The lowest BCUT2D eigenvalue weighted by Crippen LogP contribution is -2.13. The molecule has 4 nitrogen and oxygen atoms in total. The van der Waals surface area contributed by atoms with Crippen molar-refractivity contribution in [3.8, 4) is 5.75 Å². The maximum Gasteiger partial charge on any atom is 0.343 e. The fraction of sp³-hybridized carbons (Fsp3) is 0.200. The highest BCUT2D eigenvalue weighted by Crippen LogP contribution is 2.25. The van der Waals surface area contributed by atoms with Crippen molar-refractivity contribution in [2.75, 3.05) is 13.7 Å². The van der Waals surface area contributed by atoms with E-state index in [1.54, 1.807) is 12.1 Å². The predicted octanol–water partition coefficient (Wildman–Crippen LogP) is 3.89. The van der Waals surface area contributed by atoms with Crippen LogP contribution in [0.25, 0.3) is 6.08 Å². The van der Waals surface area contributed by atoms with Crippen LogP contribution in [0.2, 0.25) is 0 Å². The van der Waals surface area contributed by atoms with Gasteiger partial charge in [-0.05, 0) is 60.9 Å². The van der Waals surface area contributed by atoms with E-state index in [4.69, 9.17) is 4.74 Å². The number of allylic oxidation sites excluding steroid dienone is 1. The van der Waals surface area contributed by atoms with Crippen molar-refractivity contribution in [3.05, 3.63) is 70.5 Å². The Kier molecular flexibility index (Phi) is 6.06. The minimum atomic E-state index is -0.455. The average Bonchev–Trinajstić information content (AvgIpc) is 2.58. The van der Waals surface area contributed by atoms with Crippen molar-refractivity contribution in [2.45, 2.75) is 13.8 Å². The Morgan fingerprint density at radius 3 is 2.40 bits per heavy atom. The number of rotatable bonds is 6. The largest absolute Gasteiger partial charge is 0.481 e. The molecule has 0 aliphatic rings. The van der Waals surface area contributed by atoms with E-state index in [0.29, 0.717) is 11.3 Å². The molecule has 0 aliphatic heterocycles. The summed E-state index contributed by atoms with van der Waals surface area (Å²) in [6, 6.07) is 9.24. The Hall–Kier alpha value is -2.95. The molecule has 2 rings (SSSR count). The number of aryl methyl sites for hydroxylation is 2. The first-order valence-electron chi connectivity index (χ1n) is 7.69. The van der Waals surface area contributed by atoms with Gasteiger partial charge in [0.05, 0.1) is 7.11 Å². The van der Waals surface area contributed by atoms with Crippen LogP contribution in [-0.4, -0.2) is 25.5 Å². The number of esters is 1. The van der Waals surface area contributed by atoms with E-state index in [2.05, 4.69) is 4.74 Å². The van der Waals surface area contributed by atoms with Crippen LogP contribution in [0.1, 0.15) is 27.0 Å². The number of carbonyl (C=O) groups is 2. The molecule has 0 fully saturated rings. The second kappa shape index (κ2) is 8.24. The van der Waals surface area contributed by atoms with Gasteiger partial charge in [0.2, 0.25) is 0 Å². The zero-order valence-electron chi connectivity index (χ0n) is 14.3. The molecule has 0 amide bonds. The Morgan fingerprint density at radius 1 is 1.12 bits per heavy atom. The van der Waals surface area contributed by atoms with E-state index in [0.717, 1.165) is 16.7 Å². The van der Waals surface area contributed by atoms with Gasteiger partial charge in [0, 0.05) is 5.56 Å². The third-order valence-corrected chi connectivity index (χ3v) is 3.58. The number of benzene rings is 2. The number of methoxy groups -OCH3 is 1. The highest BCUT2D eigenvalue weighted by Gasteiger charge is 2.09. The molecule has 5 heteroatoms. The molecule has 0 saturated heterocycles. The molecule has 2 aromatic rings. The van der Waals surface area contributed by atoms with E-state index in [1.807, 2.05) is 26.0 Å². The molecule has 0 radical (unpaired) electrons. The molecular weight excluding hydrogens is 323 g/mol. The molecule has 0 bridgehead atoms. The molecule has 130 valence electrons. The van der Waals surface area contributed by atoms with Crippen molar-refractivity contribution in [3.63, 3.8) is 0 Å². The van der Waals surface area contributed by atoms with E-state index >= 15 is 0 Å². The fourth-order valence-electron chi connectivity index (χ4n) is 2.41. The molecule has 0 aliphatic carbocycles. The van der Waals surface area contributed by atoms with Gasteiger partial charge < -0.3 is 9.47 Å². The van der Waals surface area contributed by atoms with E-state index in [1.165, 1.54) is 31.4 Å². The minimum absolute atomic E-state index is 0.161. The molecule has 0 atom stereocenters. The van der Waals surface area contributed by atoms with Crippen LogP contribution in [0, 0.1) is 19.7 Å². The molecule has 0 spiro atoms. The summed E-state index contributed by atoms with van der Waals surface area (Å²) in [6.07, 6.45) is 3.06. The van der Waals surface area contributed by atoms with Crippen molar-refractivity contribution in [2.24, 2.45) is 0 Å². The topological polar surface area (TPSA) is 52.6 Å². The first-order valence-corrected chi connectivity index (χ1v) is 7.69. The third-order valence-electron chi connectivity index (χ3n) is 3.58. The Balaban J connectivity index is 2.15. The summed E-state index contributed by atoms with van der Waals surface area (Å²) in [4.78, 5) is 23.3. The molecule has 0 N–H and O–H groups in total. The Morgan fingerprint density at radius 2 is 1.80 bits per heavy atom. The summed E-state index contributed by atoms with van der Waals surface area (Å²) in [5.41, 5.74) is 2.77. The summed E-state index contributed by atoms with van der Waals surface area (Å²) < 4.78 is 23.2. The lowest BCUT2D eigenvalue weighted by Gasteiger charge is -2.12. The van der Waals surface area contributed by atoms with Gasteiger partial charge in [-0.1, -0.05) is 18.2 Å². The van der Waals surface area contributed by atoms with Gasteiger partial charge >= 0.3 is 5.97 Å². The van der Waals surface area contributed by atoms with Crippen LogP contribution in [-0.2, 0) is 9.53 Å².